The molecule has 0 unspecified atom stereocenters. The maximum absolute atomic E-state index is 12.1. The SMILES string of the molecule is Cc1ccc(CS(=O)(=O)Nc2ncc(O)c(=O)n2C)cc1. The molecule has 0 radical (unpaired) electrons. The van der Waals surface area contributed by atoms with Gasteiger partial charge in [-0.2, -0.15) is 0 Å². The number of anilines is 1. The summed E-state index contributed by atoms with van der Waals surface area (Å²) in [6.45, 7) is 1.91. The van der Waals surface area contributed by atoms with Gasteiger partial charge in [-0.15, -0.1) is 0 Å². The molecule has 0 atom stereocenters. The number of aryl methyl sites for hydroxylation is 1. The first-order chi connectivity index (χ1) is 9.78. The van der Waals surface area contributed by atoms with Crippen molar-refractivity contribution in [2.45, 2.75) is 12.7 Å². The number of aromatic hydroxyl groups is 1. The van der Waals surface area contributed by atoms with Crippen molar-refractivity contribution in [3.63, 3.8) is 0 Å². The standard InChI is InChI=1S/C13H15N3O4S/c1-9-3-5-10(6-4-9)8-21(19,20)15-13-14-7-11(17)12(18)16(13)2/h3-7,17H,8H2,1-2H3,(H,14,15). The molecule has 0 aliphatic carbocycles. The van der Waals surface area contributed by atoms with E-state index in [-0.39, 0.29) is 11.7 Å². The fourth-order valence-corrected chi connectivity index (χ4v) is 2.88. The molecule has 0 aliphatic rings. The largest absolute Gasteiger partial charge is 0.502 e. The first-order valence-corrected chi connectivity index (χ1v) is 7.75. The van der Waals surface area contributed by atoms with E-state index < -0.39 is 21.3 Å². The Morgan fingerprint density at radius 2 is 1.90 bits per heavy atom. The van der Waals surface area contributed by atoms with Gasteiger partial charge in [-0.05, 0) is 12.5 Å². The molecule has 2 aromatic rings. The van der Waals surface area contributed by atoms with Crippen LogP contribution in [0.2, 0.25) is 0 Å². The Morgan fingerprint density at radius 3 is 2.52 bits per heavy atom. The molecule has 0 saturated carbocycles. The van der Waals surface area contributed by atoms with Crippen molar-refractivity contribution in [2.75, 3.05) is 4.72 Å². The quantitative estimate of drug-likeness (QED) is 0.867. The third-order valence-corrected chi connectivity index (χ3v) is 4.08. The van der Waals surface area contributed by atoms with E-state index in [1.54, 1.807) is 12.1 Å². The van der Waals surface area contributed by atoms with Crippen molar-refractivity contribution in [2.24, 2.45) is 7.05 Å². The second-order valence-electron chi connectivity index (χ2n) is 4.68. The van der Waals surface area contributed by atoms with Crippen LogP contribution in [0.15, 0.2) is 35.3 Å². The zero-order valence-electron chi connectivity index (χ0n) is 11.6. The molecule has 7 nitrogen and oxygen atoms in total. The van der Waals surface area contributed by atoms with Crippen LogP contribution in [0.1, 0.15) is 11.1 Å². The van der Waals surface area contributed by atoms with Gasteiger partial charge in [0.15, 0.2) is 0 Å². The van der Waals surface area contributed by atoms with Crippen LogP contribution in [0.4, 0.5) is 5.95 Å². The highest BCUT2D eigenvalue weighted by atomic mass is 32.2. The minimum atomic E-state index is -3.71. The van der Waals surface area contributed by atoms with Gasteiger partial charge in [-0.3, -0.25) is 14.1 Å². The lowest BCUT2D eigenvalue weighted by Gasteiger charge is -2.10. The van der Waals surface area contributed by atoms with Gasteiger partial charge in [-0.25, -0.2) is 13.4 Å². The maximum Gasteiger partial charge on any atom is 0.296 e. The molecule has 0 bridgehead atoms. The Labute approximate surface area is 121 Å². The number of rotatable bonds is 4. The number of nitrogens with one attached hydrogen (secondary N) is 1. The molecular formula is C13H15N3O4S. The Kier molecular flexibility index (Phi) is 3.99. The fourth-order valence-electron chi connectivity index (χ4n) is 1.71. The van der Waals surface area contributed by atoms with Crippen LogP contribution in [-0.2, 0) is 22.8 Å². The van der Waals surface area contributed by atoms with Crippen molar-refractivity contribution in [1.82, 2.24) is 9.55 Å². The van der Waals surface area contributed by atoms with Crippen LogP contribution in [0.5, 0.6) is 5.75 Å². The summed E-state index contributed by atoms with van der Waals surface area (Å²) in [6, 6.07) is 7.08. The fraction of sp³-hybridized carbons (Fsp3) is 0.231. The van der Waals surface area contributed by atoms with Gasteiger partial charge in [0.05, 0.1) is 11.9 Å². The molecule has 0 aliphatic heterocycles. The van der Waals surface area contributed by atoms with Crippen LogP contribution in [0.25, 0.3) is 0 Å². The molecule has 0 spiro atoms. The maximum atomic E-state index is 12.1. The predicted octanol–water partition coefficient (Wildman–Crippen LogP) is 0.736. The topological polar surface area (TPSA) is 101 Å². The van der Waals surface area contributed by atoms with E-state index in [1.165, 1.54) is 7.05 Å². The van der Waals surface area contributed by atoms with Gasteiger partial charge in [0.2, 0.25) is 21.7 Å². The molecule has 2 N–H and O–H groups in total. The molecule has 0 fully saturated rings. The van der Waals surface area contributed by atoms with Crippen LogP contribution in [0, 0.1) is 6.92 Å². The summed E-state index contributed by atoms with van der Waals surface area (Å²) >= 11 is 0. The smallest absolute Gasteiger partial charge is 0.296 e. The van der Waals surface area contributed by atoms with Crippen molar-refractivity contribution < 1.29 is 13.5 Å². The zero-order chi connectivity index (χ0) is 15.6. The molecule has 112 valence electrons. The van der Waals surface area contributed by atoms with Crippen molar-refractivity contribution in [3.8, 4) is 5.75 Å². The summed E-state index contributed by atoms with van der Waals surface area (Å²) in [4.78, 5) is 15.2. The molecule has 1 heterocycles. The summed E-state index contributed by atoms with van der Waals surface area (Å²) in [5.41, 5.74) is 0.932. The average molecular weight is 309 g/mol. The van der Waals surface area contributed by atoms with E-state index in [9.17, 15) is 18.3 Å². The first kappa shape index (κ1) is 15.0. The lowest BCUT2D eigenvalue weighted by Crippen LogP contribution is -2.25. The molecule has 0 saturated heterocycles. The second-order valence-corrected chi connectivity index (χ2v) is 6.40. The highest BCUT2D eigenvalue weighted by Crippen LogP contribution is 2.11. The summed E-state index contributed by atoms with van der Waals surface area (Å²) in [7, 11) is -2.39. The van der Waals surface area contributed by atoms with Gasteiger partial charge in [0.1, 0.15) is 0 Å². The summed E-state index contributed by atoms with van der Waals surface area (Å²) in [6.07, 6.45) is 0.909. The Bertz CT molecular complexity index is 810. The average Bonchev–Trinajstić information content (AvgIpc) is 2.42. The normalized spacial score (nSPS) is 11.3. The zero-order valence-corrected chi connectivity index (χ0v) is 12.4. The minimum absolute atomic E-state index is 0.148. The Balaban J connectivity index is 2.24. The second kappa shape index (κ2) is 5.57. The molecule has 8 heteroatoms. The molecule has 0 amide bonds. The van der Waals surface area contributed by atoms with Gasteiger partial charge < -0.3 is 5.11 Å². The molecule has 2 rings (SSSR count). The third-order valence-electron chi connectivity index (χ3n) is 2.87. The summed E-state index contributed by atoms with van der Waals surface area (Å²) < 4.78 is 27.3. The van der Waals surface area contributed by atoms with Crippen LogP contribution >= 0.6 is 0 Å². The van der Waals surface area contributed by atoms with E-state index in [1.807, 2.05) is 19.1 Å². The Morgan fingerprint density at radius 1 is 1.29 bits per heavy atom. The number of nitrogens with zero attached hydrogens (tertiary/aromatic N) is 2. The van der Waals surface area contributed by atoms with Crippen LogP contribution in [-0.4, -0.2) is 23.1 Å². The van der Waals surface area contributed by atoms with E-state index in [4.69, 9.17) is 0 Å². The van der Waals surface area contributed by atoms with Crippen molar-refractivity contribution >= 4 is 16.0 Å². The Hall–Kier alpha value is -2.35. The number of hydrogen-bond donors (Lipinski definition) is 2. The lowest BCUT2D eigenvalue weighted by molar-refractivity contribution is 0.458. The van der Waals surface area contributed by atoms with Crippen LogP contribution in [0.3, 0.4) is 0 Å². The van der Waals surface area contributed by atoms with Gasteiger partial charge in [-0.1, -0.05) is 29.8 Å². The number of aromatic nitrogens is 2. The highest BCUT2D eigenvalue weighted by Gasteiger charge is 2.15. The molecular weight excluding hydrogens is 294 g/mol. The first-order valence-electron chi connectivity index (χ1n) is 6.09. The van der Waals surface area contributed by atoms with Crippen molar-refractivity contribution in [1.29, 1.82) is 0 Å². The summed E-state index contributed by atoms with van der Waals surface area (Å²) in [5, 5.41) is 9.21. The number of benzene rings is 1. The highest BCUT2D eigenvalue weighted by molar-refractivity contribution is 7.91. The van der Waals surface area contributed by atoms with Crippen LogP contribution < -0.4 is 10.3 Å². The minimum Gasteiger partial charge on any atom is -0.502 e. The number of hydrogen-bond acceptors (Lipinski definition) is 5. The predicted molar refractivity (Wildman–Crippen MR) is 78.6 cm³/mol. The van der Waals surface area contributed by atoms with E-state index in [0.29, 0.717) is 5.56 Å². The van der Waals surface area contributed by atoms with E-state index >= 15 is 0 Å². The summed E-state index contributed by atoms with van der Waals surface area (Å²) in [5.74, 6) is -0.923. The molecule has 21 heavy (non-hydrogen) atoms. The monoisotopic (exact) mass is 309 g/mol. The lowest BCUT2D eigenvalue weighted by atomic mass is 10.2. The third kappa shape index (κ3) is 3.60. The van der Waals surface area contributed by atoms with E-state index in [0.717, 1.165) is 16.3 Å². The molecule has 1 aromatic carbocycles. The van der Waals surface area contributed by atoms with Gasteiger partial charge in [0, 0.05) is 7.05 Å². The number of sulfonamides is 1. The molecule has 1 aromatic heterocycles. The van der Waals surface area contributed by atoms with Gasteiger partial charge in [0.25, 0.3) is 5.56 Å². The van der Waals surface area contributed by atoms with Crippen molar-refractivity contribution in [3.05, 3.63) is 51.9 Å². The van der Waals surface area contributed by atoms with Gasteiger partial charge >= 0.3 is 0 Å². The van der Waals surface area contributed by atoms with E-state index in [2.05, 4.69) is 9.71 Å².